The molecule has 0 saturated carbocycles. The molecular formula is C18H14F2N4O. The zero-order valence-corrected chi connectivity index (χ0v) is 13.0. The molecule has 2 heterocycles. The molecule has 0 saturated heterocycles. The maximum atomic E-state index is 13.2. The first-order valence-electron chi connectivity index (χ1n) is 7.48. The number of aromatic nitrogens is 2. The monoisotopic (exact) mass is 340 g/mol. The van der Waals surface area contributed by atoms with Gasteiger partial charge < -0.3 is 10.6 Å². The first kappa shape index (κ1) is 16.5. The molecule has 5 nitrogen and oxygen atoms in total. The number of nitrogens with zero attached hydrogens (tertiary/aromatic N) is 2. The maximum Gasteiger partial charge on any atom is 0.274 e. The van der Waals surface area contributed by atoms with E-state index in [1.54, 1.807) is 12.3 Å². The van der Waals surface area contributed by atoms with E-state index in [-0.39, 0.29) is 11.4 Å². The molecule has 0 atom stereocenters. The van der Waals surface area contributed by atoms with Crippen molar-refractivity contribution >= 4 is 17.3 Å². The quantitative estimate of drug-likeness (QED) is 0.744. The highest BCUT2D eigenvalue weighted by atomic mass is 19.2. The van der Waals surface area contributed by atoms with Crippen LogP contribution in [0.2, 0.25) is 0 Å². The Morgan fingerprint density at radius 2 is 1.80 bits per heavy atom. The Balaban J connectivity index is 1.61. The first-order chi connectivity index (χ1) is 12.1. The Kier molecular flexibility index (Phi) is 4.94. The third kappa shape index (κ3) is 4.35. The molecule has 0 aliphatic rings. The smallest absolute Gasteiger partial charge is 0.274 e. The van der Waals surface area contributed by atoms with Crippen molar-refractivity contribution in [2.24, 2.45) is 0 Å². The van der Waals surface area contributed by atoms with Crippen molar-refractivity contribution in [2.45, 2.75) is 6.54 Å². The SMILES string of the molecule is O=C(Nc1ccc(F)c(F)c1)c1ccc(NCc2ccccn2)cn1. The fourth-order valence-electron chi connectivity index (χ4n) is 2.10. The van der Waals surface area contributed by atoms with Crippen LogP contribution in [0.25, 0.3) is 0 Å². The Morgan fingerprint density at radius 3 is 2.48 bits per heavy atom. The van der Waals surface area contributed by atoms with Gasteiger partial charge >= 0.3 is 0 Å². The average Bonchev–Trinajstić information content (AvgIpc) is 2.64. The van der Waals surface area contributed by atoms with Crippen LogP contribution < -0.4 is 10.6 Å². The number of nitrogens with one attached hydrogen (secondary N) is 2. The largest absolute Gasteiger partial charge is 0.378 e. The normalized spacial score (nSPS) is 10.3. The lowest BCUT2D eigenvalue weighted by Crippen LogP contribution is -2.14. The van der Waals surface area contributed by atoms with Crippen LogP contribution in [0.15, 0.2) is 60.9 Å². The summed E-state index contributed by atoms with van der Waals surface area (Å²) in [7, 11) is 0. The Hall–Kier alpha value is -3.35. The molecule has 3 aromatic rings. The number of benzene rings is 1. The van der Waals surface area contributed by atoms with Gasteiger partial charge in [0, 0.05) is 18.0 Å². The number of hydrogen-bond acceptors (Lipinski definition) is 4. The molecule has 0 aliphatic carbocycles. The van der Waals surface area contributed by atoms with Crippen LogP contribution in [0.1, 0.15) is 16.2 Å². The van der Waals surface area contributed by atoms with E-state index in [1.165, 1.54) is 18.3 Å². The predicted molar refractivity (Wildman–Crippen MR) is 90.1 cm³/mol. The van der Waals surface area contributed by atoms with Gasteiger partial charge in [-0.05, 0) is 36.4 Å². The van der Waals surface area contributed by atoms with E-state index < -0.39 is 17.5 Å². The minimum Gasteiger partial charge on any atom is -0.378 e. The summed E-state index contributed by atoms with van der Waals surface area (Å²) in [5.74, 6) is -2.51. The zero-order chi connectivity index (χ0) is 17.6. The minimum atomic E-state index is -1.03. The van der Waals surface area contributed by atoms with Crippen molar-refractivity contribution in [1.82, 2.24) is 9.97 Å². The molecule has 0 bridgehead atoms. The zero-order valence-electron chi connectivity index (χ0n) is 13.0. The van der Waals surface area contributed by atoms with Gasteiger partial charge in [0.15, 0.2) is 11.6 Å². The molecule has 1 amide bonds. The number of halogens is 2. The summed E-state index contributed by atoms with van der Waals surface area (Å²) in [6.45, 7) is 0.531. The van der Waals surface area contributed by atoms with E-state index in [4.69, 9.17) is 0 Å². The van der Waals surface area contributed by atoms with Gasteiger partial charge in [-0.2, -0.15) is 0 Å². The summed E-state index contributed by atoms with van der Waals surface area (Å²) in [6.07, 6.45) is 3.23. The van der Waals surface area contributed by atoms with Crippen LogP contribution in [0, 0.1) is 11.6 Å². The van der Waals surface area contributed by atoms with Crippen molar-refractivity contribution in [3.05, 3.63) is 83.9 Å². The lowest BCUT2D eigenvalue weighted by molar-refractivity contribution is 0.102. The van der Waals surface area contributed by atoms with Crippen LogP contribution in [-0.2, 0) is 6.54 Å². The molecule has 25 heavy (non-hydrogen) atoms. The number of carbonyl (C=O) groups excluding carboxylic acids is 1. The van der Waals surface area contributed by atoms with E-state index in [0.717, 1.165) is 23.5 Å². The van der Waals surface area contributed by atoms with Crippen LogP contribution in [0.3, 0.4) is 0 Å². The number of carbonyl (C=O) groups is 1. The average molecular weight is 340 g/mol. The standard InChI is InChI=1S/C18H14F2N4O/c19-15-6-4-12(9-16(15)20)24-18(25)17-7-5-14(11-23-17)22-10-13-3-1-2-8-21-13/h1-9,11,22H,10H2,(H,24,25). The lowest BCUT2D eigenvalue weighted by atomic mass is 10.2. The number of pyridine rings is 2. The van der Waals surface area contributed by atoms with Crippen molar-refractivity contribution in [3.63, 3.8) is 0 Å². The topological polar surface area (TPSA) is 66.9 Å². The summed E-state index contributed by atoms with van der Waals surface area (Å²) in [6, 6.07) is 12.0. The fraction of sp³-hybridized carbons (Fsp3) is 0.0556. The molecule has 0 radical (unpaired) electrons. The summed E-state index contributed by atoms with van der Waals surface area (Å²) < 4.78 is 26.0. The number of rotatable bonds is 5. The molecule has 2 aromatic heterocycles. The molecule has 2 N–H and O–H groups in total. The summed E-state index contributed by atoms with van der Waals surface area (Å²) >= 11 is 0. The van der Waals surface area contributed by atoms with Gasteiger partial charge in [0.2, 0.25) is 0 Å². The van der Waals surface area contributed by atoms with Gasteiger partial charge in [-0.15, -0.1) is 0 Å². The van der Waals surface area contributed by atoms with E-state index in [9.17, 15) is 13.6 Å². The second-order valence-electron chi connectivity index (χ2n) is 5.19. The Labute approximate surface area is 142 Å². The van der Waals surface area contributed by atoms with Crippen LogP contribution in [0.4, 0.5) is 20.2 Å². The maximum absolute atomic E-state index is 13.2. The van der Waals surface area contributed by atoms with Crippen molar-refractivity contribution in [1.29, 1.82) is 0 Å². The van der Waals surface area contributed by atoms with E-state index >= 15 is 0 Å². The molecule has 0 spiro atoms. The first-order valence-corrected chi connectivity index (χ1v) is 7.48. The predicted octanol–water partition coefficient (Wildman–Crippen LogP) is 3.62. The van der Waals surface area contributed by atoms with E-state index in [1.807, 2.05) is 18.2 Å². The number of anilines is 2. The highest BCUT2D eigenvalue weighted by molar-refractivity contribution is 6.02. The van der Waals surface area contributed by atoms with Crippen molar-refractivity contribution in [2.75, 3.05) is 10.6 Å². The van der Waals surface area contributed by atoms with Gasteiger partial charge in [-0.25, -0.2) is 13.8 Å². The molecule has 0 aliphatic heterocycles. The van der Waals surface area contributed by atoms with Gasteiger partial charge in [0.05, 0.1) is 24.1 Å². The van der Waals surface area contributed by atoms with Gasteiger partial charge in [-0.1, -0.05) is 6.07 Å². The third-order valence-corrected chi connectivity index (χ3v) is 3.37. The van der Waals surface area contributed by atoms with Gasteiger partial charge in [0.25, 0.3) is 5.91 Å². The van der Waals surface area contributed by atoms with Crippen molar-refractivity contribution in [3.8, 4) is 0 Å². The van der Waals surface area contributed by atoms with E-state index in [0.29, 0.717) is 6.54 Å². The van der Waals surface area contributed by atoms with Gasteiger partial charge in [0.1, 0.15) is 5.69 Å². The summed E-state index contributed by atoms with van der Waals surface area (Å²) in [5.41, 5.74) is 1.92. The van der Waals surface area contributed by atoms with Crippen LogP contribution in [-0.4, -0.2) is 15.9 Å². The fourth-order valence-corrected chi connectivity index (χ4v) is 2.10. The highest BCUT2D eigenvalue weighted by Crippen LogP contribution is 2.14. The van der Waals surface area contributed by atoms with Crippen molar-refractivity contribution < 1.29 is 13.6 Å². The second kappa shape index (κ2) is 7.48. The third-order valence-electron chi connectivity index (χ3n) is 3.37. The van der Waals surface area contributed by atoms with Gasteiger partial charge in [-0.3, -0.25) is 9.78 Å². The number of amides is 1. The van der Waals surface area contributed by atoms with Crippen LogP contribution in [0.5, 0.6) is 0 Å². The molecule has 3 rings (SSSR count). The highest BCUT2D eigenvalue weighted by Gasteiger charge is 2.09. The molecule has 0 fully saturated rings. The molecule has 0 unspecified atom stereocenters. The lowest BCUT2D eigenvalue weighted by Gasteiger charge is -2.07. The minimum absolute atomic E-state index is 0.156. The molecular weight excluding hydrogens is 326 g/mol. The second-order valence-corrected chi connectivity index (χ2v) is 5.19. The Bertz CT molecular complexity index is 870. The molecule has 1 aromatic carbocycles. The molecule has 7 heteroatoms. The summed E-state index contributed by atoms with van der Waals surface area (Å²) in [5, 5.41) is 5.61. The molecule has 126 valence electrons. The number of hydrogen-bond donors (Lipinski definition) is 2. The van der Waals surface area contributed by atoms with E-state index in [2.05, 4.69) is 20.6 Å². The van der Waals surface area contributed by atoms with Crippen LogP contribution >= 0.6 is 0 Å². The summed E-state index contributed by atoms with van der Waals surface area (Å²) in [4.78, 5) is 20.3. The Morgan fingerprint density at radius 1 is 0.960 bits per heavy atom.